The van der Waals surface area contributed by atoms with Crippen molar-refractivity contribution in [2.45, 2.75) is 46.2 Å². The first-order valence-corrected chi connectivity index (χ1v) is 10.2. The second-order valence-corrected chi connectivity index (χ2v) is 7.71. The van der Waals surface area contributed by atoms with E-state index in [-0.39, 0.29) is 18.4 Å². The third kappa shape index (κ3) is 4.50. The van der Waals surface area contributed by atoms with Gasteiger partial charge in [0, 0.05) is 18.3 Å². The number of amides is 3. The number of ether oxygens (including phenoxy) is 1. The zero-order chi connectivity index (χ0) is 21.7. The number of nitrogens with zero attached hydrogens (tertiary/aromatic N) is 2. The summed E-state index contributed by atoms with van der Waals surface area (Å²) in [6.07, 6.45) is 2.86. The Labute approximate surface area is 176 Å². The molecule has 1 atom stereocenters. The van der Waals surface area contributed by atoms with Crippen LogP contribution in [0.3, 0.4) is 0 Å². The number of aromatic nitrogens is 1. The lowest BCUT2D eigenvalue weighted by molar-refractivity contribution is -0.125. The first-order chi connectivity index (χ1) is 14.4. The number of carbonyl (C=O) groups is 3. The van der Waals surface area contributed by atoms with Crippen LogP contribution in [0.5, 0.6) is 5.88 Å². The number of benzene rings is 1. The molecule has 2 heterocycles. The Hall–Kier alpha value is -3.22. The molecule has 7 heteroatoms. The summed E-state index contributed by atoms with van der Waals surface area (Å²) in [5.41, 5.74) is 1.42. The number of nitrogens with one attached hydrogen (secondary N) is 1. The summed E-state index contributed by atoms with van der Waals surface area (Å²) < 4.78 is 5.64. The number of hydrogen-bond donors (Lipinski definition) is 1. The first-order valence-electron chi connectivity index (χ1n) is 10.2. The van der Waals surface area contributed by atoms with Gasteiger partial charge in [-0.15, -0.1) is 0 Å². The lowest BCUT2D eigenvalue weighted by Gasteiger charge is -2.27. The molecule has 0 aliphatic carbocycles. The molecular formula is C23H27N3O4. The normalized spacial score (nSPS) is 14.1. The highest BCUT2D eigenvalue weighted by Crippen LogP contribution is 2.27. The molecule has 1 N–H and O–H groups in total. The van der Waals surface area contributed by atoms with Crippen molar-refractivity contribution in [2.75, 3.05) is 6.61 Å². The van der Waals surface area contributed by atoms with Crippen LogP contribution in [0.4, 0.5) is 0 Å². The maximum atomic E-state index is 13.1. The number of fused-ring (bicyclic) bond motifs is 1. The van der Waals surface area contributed by atoms with E-state index < -0.39 is 17.9 Å². The number of imide groups is 1. The minimum Gasteiger partial charge on any atom is -0.477 e. The topological polar surface area (TPSA) is 88.6 Å². The van der Waals surface area contributed by atoms with Crippen molar-refractivity contribution in [3.05, 3.63) is 59.3 Å². The zero-order valence-electron chi connectivity index (χ0n) is 17.6. The fourth-order valence-electron chi connectivity index (χ4n) is 3.45. The van der Waals surface area contributed by atoms with Gasteiger partial charge in [0.2, 0.25) is 11.8 Å². The van der Waals surface area contributed by atoms with Gasteiger partial charge in [-0.3, -0.25) is 19.3 Å². The number of pyridine rings is 1. The zero-order valence-corrected chi connectivity index (χ0v) is 17.6. The molecule has 0 saturated heterocycles. The predicted molar refractivity (Wildman–Crippen MR) is 112 cm³/mol. The van der Waals surface area contributed by atoms with Crippen LogP contribution in [0.25, 0.3) is 0 Å². The second kappa shape index (κ2) is 9.52. The fraction of sp³-hybridized carbons (Fsp3) is 0.391. The maximum Gasteiger partial charge on any atom is 0.262 e. The Morgan fingerprint density at radius 2 is 1.77 bits per heavy atom. The molecule has 1 aromatic heterocycles. The standard InChI is InChI=1S/C23H27N3O4/c1-4-12-30-21-16(8-7-11-24-21)14-25-20(27)19(13-15(2)3)26-22(28)17-9-5-6-10-18(17)23(26)29/h5-11,15,19H,4,12-14H2,1-3H3,(H,25,27). The van der Waals surface area contributed by atoms with Gasteiger partial charge < -0.3 is 10.1 Å². The van der Waals surface area contributed by atoms with Gasteiger partial charge in [0.05, 0.1) is 17.7 Å². The molecule has 3 rings (SSSR count). The van der Waals surface area contributed by atoms with Gasteiger partial charge in [-0.2, -0.15) is 0 Å². The molecule has 0 bridgehead atoms. The van der Waals surface area contributed by atoms with Crippen molar-refractivity contribution in [1.29, 1.82) is 0 Å². The molecule has 1 aromatic carbocycles. The van der Waals surface area contributed by atoms with Gasteiger partial charge in [0.25, 0.3) is 11.8 Å². The molecule has 0 saturated carbocycles. The van der Waals surface area contributed by atoms with E-state index in [1.54, 1.807) is 36.5 Å². The average Bonchev–Trinajstić information content (AvgIpc) is 2.99. The van der Waals surface area contributed by atoms with Crippen molar-refractivity contribution in [2.24, 2.45) is 5.92 Å². The quantitative estimate of drug-likeness (QED) is 0.643. The van der Waals surface area contributed by atoms with E-state index in [0.717, 1.165) is 16.9 Å². The Morgan fingerprint density at radius 3 is 2.37 bits per heavy atom. The second-order valence-electron chi connectivity index (χ2n) is 7.71. The van der Waals surface area contributed by atoms with E-state index in [1.807, 2.05) is 26.8 Å². The summed E-state index contributed by atoms with van der Waals surface area (Å²) in [7, 11) is 0. The molecule has 30 heavy (non-hydrogen) atoms. The van der Waals surface area contributed by atoms with E-state index in [9.17, 15) is 14.4 Å². The molecule has 0 radical (unpaired) electrons. The summed E-state index contributed by atoms with van der Waals surface area (Å²) in [6, 6.07) is 9.39. The highest BCUT2D eigenvalue weighted by atomic mass is 16.5. The van der Waals surface area contributed by atoms with Crippen LogP contribution in [-0.4, -0.2) is 40.3 Å². The molecule has 158 valence electrons. The molecular weight excluding hydrogens is 382 g/mol. The summed E-state index contributed by atoms with van der Waals surface area (Å²) in [5.74, 6) is -0.634. The van der Waals surface area contributed by atoms with Crippen LogP contribution in [0.2, 0.25) is 0 Å². The van der Waals surface area contributed by atoms with Crippen LogP contribution in [0, 0.1) is 5.92 Å². The van der Waals surface area contributed by atoms with Crippen molar-refractivity contribution < 1.29 is 19.1 Å². The predicted octanol–water partition coefficient (Wildman–Crippen LogP) is 3.20. The third-order valence-corrected chi connectivity index (χ3v) is 4.88. The van der Waals surface area contributed by atoms with Crippen LogP contribution in [0.1, 0.15) is 59.9 Å². The summed E-state index contributed by atoms with van der Waals surface area (Å²) in [6.45, 7) is 6.64. The molecule has 3 amide bonds. The molecule has 0 spiro atoms. The van der Waals surface area contributed by atoms with Crippen LogP contribution in [-0.2, 0) is 11.3 Å². The van der Waals surface area contributed by atoms with E-state index >= 15 is 0 Å². The Bertz CT molecular complexity index is 907. The van der Waals surface area contributed by atoms with Crippen LogP contribution >= 0.6 is 0 Å². The number of hydrogen-bond acceptors (Lipinski definition) is 5. The van der Waals surface area contributed by atoms with E-state index in [0.29, 0.717) is 30.0 Å². The minimum absolute atomic E-state index is 0.118. The maximum absolute atomic E-state index is 13.1. The third-order valence-electron chi connectivity index (χ3n) is 4.88. The molecule has 0 fully saturated rings. The lowest BCUT2D eigenvalue weighted by atomic mass is 10.0. The highest BCUT2D eigenvalue weighted by Gasteiger charge is 2.42. The van der Waals surface area contributed by atoms with Gasteiger partial charge in [-0.1, -0.05) is 39.0 Å². The van der Waals surface area contributed by atoms with Gasteiger partial charge in [-0.25, -0.2) is 4.98 Å². The van der Waals surface area contributed by atoms with E-state index in [2.05, 4.69) is 10.3 Å². The number of carbonyl (C=O) groups excluding carboxylic acids is 3. The van der Waals surface area contributed by atoms with E-state index in [4.69, 9.17) is 4.74 Å². The Kier molecular flexibility index (Phi) is 6.82. The van der Waals surface area contributed by atoms with Crippen LogP contribution in [0.15, 0.2) is 42.6 Å². The summed E-state index contributed by atoms with van der Waals surface area (Å²) in [4.78, 5) is 44.2. The Morgan fingerprint density at radius 1 is 1.10 bits per heavy atom. The monoisotopic (exact) mass is 409 g/mol. The van der Waals surface area contributed by atoms with Gasteiger partial charge >= 0.3 is 0 Å². The average molecular weight is 409 g/mol. The molecule has 1 unspecified atom stereocenters. The number of rotatable bonds is 9. The van der Waals surface area contributed by atoms with Gasteiger partial charge in [-0.05, 0) is 37.0 Å². The van der Waals surface area contributed by atoms with Crippen molar-refractivity contribution in [3.8, 4) is 5.88 Å². The summed E-state index contributed by atoms with van der Waals surface area (Å²) in [5, 5.41) is 2.86. The van der Waals surface area contributed by atoms with Crippen molar-refractivity contribution >= 4 is 17.7 Å². The van der Waals surface area contributed by atoms with Gasteiger partial charge in [0.1, 0.15) is 6.04 Å². The molecule has 7 nitrogen and oxygen atoms in total. The first kappa shape index (κ1) is 21.5. The van der Waals surface area contributed by atoms with Crippen molar-refractivity contribution in [3.63, 3.8) is 0 Å². The smallest absolute Gasteiger partial charge is 0.262 e. The molecule has 2 aromatic rings. The summed E-state index contributed by atoms with van der Waals surface area (Å²) >= 11 is 0. The Balaban J connectivity index is 1.78. The van der Waals surface area contributed by atoms with Crippen LogP contribution < -0.4 is 10.1 Å². The van der Waals surface area contributed by atoms with E-state index in [1.165, 1.54) is 0 Å². The highest BCUT2D eigenvalue weighted by molar-refractivity contribution is 6.22. The fourth-order valence-corrected chi connectivity index (χ4v) is 3.45. The SMILES string of the molecule is CCCOc1ncccc1CNC(=O)C(CC(C)C)N1C(=O)c2ccccc2C1=O. The lowest BCUT2D eigenvalue weighted by Crippen LogP contribution is -2.50. The van der Waals surface area contributed by atoms with Crippen molar-refractivity contribution in [1.82, 2.24) is 15.2 Å². The van der Waals surface area contributed by atoms with Gasteiger partial charge in [0.15, 0.2) is 0 Å². The minimum atomic E-state index is -0.880. The molecule has 1 aliphatic heterocycles. The largest absolute Gasteiger partial charge is 0.477 e. The molecule has 1 aliphatic rings.